The highest BCUT2D eigenvalue weighted by Gasteiger charge is 2.35. The maximum absolute atomic E-state index is 13.2. The minimum Gasteiger partial charge on any atom is -0.233 e. The van der Waals surface area contributed by atoms with Gasteiger partial charge in [0.05, 0.1) is 11.4 Å². The fraction of sp³-hybridized carbons (Fsp3) is 0.167. The quantitative estimate of drug-likeness (QED) is 0.494. The molecule has 3 aromatic rings. The molecule has 0 spiro atoms. The summed E-state index contributed by atoms with van der Waals surface area (Å²) in [4.78, 5) is 0. The first-order valence-corrected chi connectivity index (χ1v) is 8.13. The van der Waals surface area contributed by atoms with Gasteiger partial charge in [-0.15, -0.1) is 0 Å². The zero-order valence-corrected chi connectivity index (χ0v) is 14.8. The molecule has 0 radical (unpaired) electrons. The molecule has 7 heteroatoms. The Kier molecular flexibility index (Phi) is 4.56. The Morgan fingerprint density at radius 3 is 2.00 bits per heavy atom. The summed E-state index contributed by atoms with van der Waals surface area (Å²) in [5.41, 5.74) is 1.93. The number of hydrogen-bond acceptors (Lipinski definition) is 1. The first kappa shape index (κ1) is 17.8. The Bertz CT molecular complexity index is 905. The van der Waals surface area contributed by atoms with Crippen molar-refractivity contribution in [2.75, 3.05) is 0 Å². The van der Waals surface area contributed by atoms with E-state index in [1.54, 1.807) is 31.2 Å². The van der Waals surface area contributed by atoms with E-state index >= 15 is 0 Å². The van der Waals surface area contributed by atoms with Crippen LogP contribution in [0.4, 0.5) is 13.2 Å². The zero-order valence-electron chi connectivity index (χ0n) is 13.3. The summed E-state index contributed by atoms with van der Waals surface area (Å²) >= 11 is 12.3. The predicted octanol–water partition coefficient (Wildman–Crippen LogP) is 6.48. The molecule has 1 heterocycles. The third-order valence-electron chi connectivity index (χ3n) is 3.86. The summed E-state index contributed by atoms with van der Waals surface area (Å²) < 4.78 is 40.8. The van der Waals surface area contributed by atoms with Crippen LogP contribution in [0, 0.1) is 13.8 Å². The van der Waals surface area contributed by atoms with E-state index in [2.05, 4.69) is 5.10 Å². The lowest BCUT2D eigenvalue weighted by atomic mass is 10.1. The van der Waals surface area contributed by atoms with Gasteiger partial charge in [0.2, 0.25) is 0 Å². The molecule has 0 unspecified atom stereocenters. The first-order valence-electron chi connectivity index (χ1n) is 7.37. The Labute approximate surface area is 152 Å². The Hall–Kier alpha value is -1.98. The molecule has 3 rings (SSSR count). The average Bonchev–Trinajstić information content (AvgIpc) is 2.98. The normalized spacial score (nSPS) is 11.8. The number of benzene rings is 2. The lowest BCUT2D eigenvalue weighted by molar-refractivity contribution is -0.141. The van der Waals surface area contributed by atoms with Crippen molar-refractivity contribution in [3.05, 3.63) is 69.3 Å². The average molecular weight is 385 g/mol. The van der Waals surface area contributed by atoms with Crippen LogP contribution in [0.1, 0.15) is 16.8 Å². The molecule has 0 atom stereocenters. The first-order chi connectivity index (χ1) is 11.7. The van der Waals surface area contributed by atoms with Crippen LogP contribution in [-0.2, 0) is 6.18 Å². The van der Waals surface area contributed by atoms with Gasteiger partial charge in [-0.2, -0.15) is 18.3 Å². The molecule has 0 saturated carbocycles. The van der Waals surface area contributed by atoms with Gasteiger partial charge in [-0.3, -0.25) is 0 Å². The number of hydrogen-bond donors (Lipinski definition) is 0. The Morgan fingerprint density at radius 1 is 0.920 bits per heavy atom. The van der Waals surface area contributed by atoms with E-state index < -0.39 is 11.9 Å². The second-order valence-corrected chi connectivity index (χ2v) is 6.54. The van der Waals surface area contributed by atoms with Crippen LogP contribution in [0.5, 0.6) is 0 Å². The van der Waals surface area contributed by atoms with Gasteiger partial charge in [-0.05, 0) is 49.7 Å². The fourth-order valence-electron chi connectivity index (χ4n) is 2.40. The van der Waals surface area contributed by atoms with Crippen molar-refractivity contribution in [3.63, 3.8) is 0 Å². The minimum absolute atomic E-state index is 0.264. The molecule has 2 aromatic carbocycles. The van der Waals surface area contributed by atoms with Crippen LogP contribution >= 0.6 is 23.2 Å². The molecule has 130 valence electrons. The number of rotatable bonds is 2. The smallest absolute Gasteiger partial charge is 0.233 e. The highest BCUT2D eigenvalue weighted by Crippen LogP contribution is 2.36. The van der Waals surface area contributed by atoms with Crippen molar-refractivity contribution in [1.82, 2.24) is 9.78 Å². The Balaban J connectivity index is 2.24. The molecule has 0 aliphatic carbocycles. The summed E-state index contributed by atoms with van der Waals surface area (Å²) in [6.07, 6.45) is -4.55. The van der Waals surface area contributed by atoms with Gasteiger partial charge in [0.15, 0.2) is 5.69 Å². The highest BCUT2D eigenvalue weighted by atomic mass is 35.5. The van der Waals surface area contributed by atoms with Crippen molar-refractivity contribution in [1.29, 1.82) is 0 Å². The van der Waals surface area contributed by atoms with Gasteiger partial charge in [0.25, 0.3) is 0 Å². The maximum Gasteiger partial charge on any atom is 0.435 e. The molecule has 0 N–H and O–H groups in total. The zero-order chi connectivity index (χ0) is 18.4. The van der Waals surface area contributed by atoms with E-state index in [0.717, 1.165) is 11.6 Å². The minimum atomic E-state index is -4.55. The number of aromatic nitrogens is 2. The number of nitrogens with zero attached hydrogens (tertiary/aromatic N) is 2. The second kappa shape index (κ2) is 6.39. The summed E-state index contributed by atoms with van der Waals surface area (Å²) in [6.45, 7) is 3.64. The number of aryl methyl sites for hydroxylation is 1. The van der Waals surface area contributed by atoms with Crippen molar-refractivity contribution < 1.29 is 13.2 Å². The van der Waals surface area contributed by atoms with E-state index in [1.807, 2.05) is 19.1 Å². The third kappa shape index (κ3) is 3.53. The molecule has 1 aromatic heterocycles. The van der Waals surface area contributed by atoms with Crippen molar-refractivity contribution >= 4 is 23.2 Å². The van der Waals surface area contributed by atoms with Crippen molar-refractivity contribution in [2.24, 2.45) is 0 Å². The molecule has 0 bridgehead atoms. The lowest BCUT2D eigenvalue weighted by Gasteiger charge is -2.10. The van der Waals surface area contributed by atoms with Crippen LogP contribution in [0.25, 0.3) is 16.9 Å². The second-order valence-electron chi connectivity index (χ2n) is 5.72. The van der Waals surface area contributed by atoms with Gasteiger partial charge in [0.1, 0.15) is 0 Å². The van der Waals surface area contributed by atoms with Gasteiger partial charge in [-0.1, -0.05) is 40.9 Å². The van der Waals surface area contributed by atoms with Crippen molar-refractivity contribution in [2.45, 2.75) is 20.0 Å². The molecular formula is C18H13Cl2F3N2. The van der Waals surface area contributed by atoms with Crippen LogP contribution in [-0.4, -0.2) is 9.78 Å². The number of alkyl halides is 3. The van der Waals surface area contributed by atoms with Crippen molar-refractivity contribution in [3.8, 4) is 16.9 Å². The van der Waals surface area contributed by atoms with E-state index in [9.17, 15) is 13.2 Å². The molecule has 0 saturated heterocycles. The third-order valence-corrected chi connectivity index (χ3v) is 4.64. The lowest BCUT2D eigenvalue weighted by Crippen LogP contribution is -2.07. The molecule has 0 aliphatic rings. The summed E-state index contributed by atoms with van der Waals surface area (Å²) in [7, 11) is 0. The maximum atomic E-state index is 13.2. The fourth-order valence-corrected chi connectivity index (χ4v) is 2.89. The predicted molar refractivity (Wildman–Crippen MR) is 93.5 cm³/mol. The van der Waals surface area contributed by atoms with E-state index in [1.165, 1.54) is 4.68 Å². The summed E-state index contributed by atoms with van der Waals surface area (Å²) in [6, 6.07) is 11.2. The van der Waals surface area contributed by atoms with E-state index in [4.69, 9.17) is 23.2 Å². The van der Waals surface area contributed by atoms with Gasteiger partial charge in [-0.25, -0.2) is 4.68 Å². The van der Waals surface area contributed by atoms with E-state index in [-0.39, 0.29) is 5.69 Å². The molecule has 0 aliphatic heterocycles. The highest BCUT2D eigenvalue weighted by molar-refractivity contribution is 6.36. The molecule has 2 nitrogen and oxygen atoms in total. The Morgan fingerprint density at radius 2 is 1.48 bits per heavy atom. The molecule has 0 amide bonds. The standard InChI is InChI=1S/C18H13Cl2F3N2/c1-10-3-5-13(6-4-10)25-16(9-17(24-25)18(21,22)23)12-7-14(19)11(2)15(20)8-12/h3-9H,1-2H3. The largest absolute Gasteiger partial charge is 0.435 e. The van der Waals surface area contributed by atoms with Gasteiger partial charge in [0, 0.05) is 15.6 Å². The molecule has 25 heavy (non-hydrogen) atoms. The number of halogens is 5. The SMILES string of the molecule is Cc1ccc(-n2nc(C(F)(F)F)cc2-c2cc(Cl)c(C)c(Cl)c2)cc1. The molecular weight excluding hydrogens is 372 g/mol. The summed E-state index contributed by atoms with van der Waals surface area (Å²) in [5.74, 6) is 0. The topological polar surface area (TPSA) is 17.8 Å². The van der Waals surface area contributed by atoms with Gasteiger partial charge < -0.3 is 0 Å². The van der Waals surface area contributed by atoms with Gasteiger partial charge >= 0.3 is 6.18 Å². The summed E-state index contributed by atoms with van der Waals surface area (Å²) in [5, 5.41) is 4.51. The molecule has 0 fully saturated rings. The van der Waals surface area contributed by atoms with Crippen LogP contribution in [0.3, 0.4) is 0 Å². The van der Waals surface area contributed by atoms with Crippen LogP contribution in [0.2, 0.25) is 10.0 Å². The van der Waals surface area contributed by atoms with E-state index in [0.29, 0.717) is 26.9 Å². The van der Waals surface area contributed by atoms with Crippen LogP contribution < -0.4 is 0 Å². The van der Waals surface area contributed by atoms with Crippen LogP contribution in [0.15, 0.2) is 42.5 Å². The monoisotopic (exact) mass is 384 g/mol.